The predicted molar refractivity (Wildman–Crippen MR) is 119 cm³/mol. The molecular formula is C23H25N5O2. The van der Waals surface area contributed by atoms with E-state index < -0.39 is 11.5 Å². The molecule has 3 aromatic rings. The Morgan fingerprint density at radius 1 is 1.27 bits per heavy atom. The summed E-state index contributed by atoms with van der Waals surface area (Å²) in [6.07, 6.45) is 4.49. The maximum Gasteiger partial charge on any atom is 0.263 e. The molecule has 0 fully saturated rings. The lowest BCUT2D eigenvalue weighted by molar-refractivity contribution is -0.112. The Balaban J connectivity index is 1.60. The summed E-state index contributed by atoms with van der Waals surface area (Å²) in [6.45, 7) is 4.07. The lowest BCUT2D eigenvalue weighted by atomic mass is 9.91. The third kappa shape index (κ3) is 3.78. The first-order valence-corrected chi connectivity index (χ1v) is 9.92. The molecule has 0 bridgehead atoms. The standard InChI is InChI=1S/C23H25N5O2/c1-4-23(11-12-25-19(14-23)21(24)29)30-17-9-10-20-18(13-17)27-22(28(20)3)26-16-7-5-15(2)6-8-16/h5-13H,4,14H2,1-3H3,(H2,24,29)(H,26,27). The van der Waals surface area contributed by atoms with E-state index in [0.717, 1.165) is 22.7 Å². The van der Waals surface area contributed by atoms with Crippen molar-refractivity contribution in [2.45, 2.75) is 32.3 Å². The number of benzene rings is 2. The number of primary amides is 1. The van der Waals surface area contributed by atoms with Crippen molar-refractivity contribution in [3.05, 3.63) is 60.3 Å². The number of hydrogen-bond donors (Lipinski definition) is 2. The summed E-state index contributed by atoms with van der Waals surface area (Å²) < 4.78 is 8.32. The van der Waals surface area contributed by atoms with Crippen LogP contribution in [-0.2, 0) is 11.8 Å². The summed E-state index contributed by atoms with van der Waals surface area (Å²) in [5.41, 5.74) is 9.08. The molecule has 1 aromatic heterocycles. The number of carbonyl (C=O) groups excluding carboxylic acids is 1. The smallest absolute Gasteiger partial charge is 0.263 e. The molecule has 1 aliphatic rings. The van der Waals surface area contributed by atoms with Gasteiger partial charge in [0, 0.05) is 31.4 Å². The summed E-state index contributed by atoms with van der Waals surface area (Å²) in [5, 5.41) is 3.36. The lowest BCUT2D eigenvalue weighted by Gasteiger charge is -2.32. The Kier molecular flexibility index (Phi) is 5.03. The molecule has 2 heterocycles. The molecular weight excluding hydrogens is 378 g/mol. The number of nitrogens with zero attached hydrogens (tertiary/aromatic N) is 3. The van der Waals surface area contributed by atoms with Gasteiger partial charge >= 0.3 is 0 Å². The molecule has 7 heteroatoms. The maximum absolute atomic E-state index is 11.6. The molecule has 4 rings (SSSR count). The van der Waals surface area contributed by atoms with Gasteiger partial charge < -0.3 is 20.4 Å². The fourth-order valence-corrected chi connectivity index (χ4v) is 3.54. The van der Waals surface area contributed by atoms with Gasteiger partial charge in [0.1, 0.15) is 17.1 Å². The average molecular weight is 403 g/mol. The average Bonchev–Trinajstić information content (AvgIpc) is 3.04. The van der Waals surface area contributed by atoms with E-state index in [1.807, 2.05) is 54.9 Å². The van der Waals surface area contributed by atoms with Crippen LogP contribution in [0.25, 0.3) is 11.0 Å². The molecule has 0 saturated carbocycles. The van der Waals surface area contributed by atoms with Gasteiger partial charge in [-0.2, -0.15) is 0 Å². The zero-order valence-electron chi connectivity index (χ0n) is 17.3. The predicted octanol–water partition coefficient (Wildman–Crippen LogP) is 4.00. The number of aryl methyl sites for hydroxylation is 2. The Morgan fingerprint density at radius 2 is 2.03 bits per heavy atom. The molecule has 0 saturated heterocycles. The molecule has 3 N–H and O–H groups in total. The van der Waals surface area contributed by atoms with Gasteiger partial charge in [-0.1, -0.05) is 24.6 Å². The van der Waals surface area contributed by atoms with Crippen LogP contribution >= 0.6 is 0 Å². The van der Waals surface area contributed by atoms with E-state index in [0.29, 0.717) is 24.3 Å². The van der Waals surface area contributed by atoms with E-state index in [4.69, 9.17) is 15.5 Å². The summed E-state index contributed by atoms with van der Waals surface area (Å²) in [4.78, 5) is 20.4. The molecule has 7 nitrogen and oxygen atoms in total. The van der Waals surface area contributed by atoms with Gasteiger partial charge in [0.2, 0.25) is 5.95 Å². The van der Waals surface area contributed by atoms with Crippen LogP contribution in [0.15, 0.2) is 59.7 Å². The fraction of sp³-hybridized carbons (Fsp3) is 0.261. The Labute approximate surface area is 175 Å². The molecule has 1 unspecified atom stereocenters. The second kappa shape index (κ2) is 7.67. The normalized spacial score (nSPS) is 18.3. The molecule has 154 valence electrons. The highest BCUT2D eigenvalue weighted by atomic mass is 16.5. The molecule has 0 radical (unpaired) electrons. The zero-order chi connectivity index (χ0) is 21.3. The van der Waals surface area contributed by atoms with Gasteiger partial charge in [0.15, 0.2) is 0 Å². The van der Waals surface area contributed by atoms with E-state index in [1.165, 1.54) is 5.56 Å². The summed E-state index contributed by atoms with van der Waals surface area (Å²) in [6, 6.07) is 14.0. The Morgan fingerprint density at radius 3 is 2.73 bits per heavy atom. The second-order valence-corrected chi connectivity index (χ2v) is 7.59. The van der Waals surface area contributed by atoms with Crippen molar-refractivity contribution >= 4 is 34.3 Å². The number of nitrogens with two attached hydrogens (primary N) is 1. The van der Waals surface area contributed by atoms with Gasteiger partial charge in [-0.3, -0.25) is 9.79 Å². The fourth-order valence-electron chi connectivity index (χ4n) is 3.54. The van der Waals surface area contributed by atoms with Gasteiger partial charge in [0.25, 0.3) is 5.91 Å². The lowest BCUT2D eigenvalue weighted by Crippen LogP contribution is -2.41. The highest BCUT2D eigenvalue weighted by molar-refractivity contribution is 6.38. The monoisotopic (exact) mass is 403 g/mol. The third-order valence-electron chi connectivity index (χ3n) is 5.44. The van der Waals surface area contributed by atoms with Crippen LogP contribution in [0.1, 0.15) is 25.3 Å². The number of ether oxygens (including phenoxy) is 1. The van der Waals surface area contributed by atoms with Crippen LogP contribution in [0.2, 0.25) is 0 Å². The van der Waals surface area contributed by atoms with Crippen molar-refractivity contribution in [1.82, 2.24) is 9.55 Å². The zero-order valence-corrected chi connectivity index (χ0v) is 17.3. The van der Waals surface area contributed by atoms with E-state index in [-0.39, 0.29) is 0 Å². The van der Waals surface area contributed by atoms with E-state index in [2.05, 4.69) is 29.4 Å². The number of aliphatic imine (C=N–C) groups is 1. The van der Waals surface area contributed by atoms with Crippen LogP contribution in [0.4, 0.5) is 11.6 Å². The number of anilines is 2. The van der Waals surface area contributed by atoms with Crippen molar-refractivity contribution in [3.8, 4) is 5.75 Å². The first-order chi connectivity index (χ1) is 14.4. The molecule has 1 atom stereocenters. The molecule has 1 amide bonds. The number of hydrogen-bond acceptors (Lipinski definition) is 5. The van der Waals surface area contributed by atoms with Gasteiger partial charge in [-0.15, -0.1) is 0 Å². The van der Waals surface area contributed by atoms with Crippen LogP contribution in [0.5, 0.6) is 5.75 Å². The number of imidazole rings is 1. The summed E-state index contributed by atoms with van der Waals surface area (Å²) >= 11 is 0. The third-order valence-corrected chi connectivity index (χ3v) is 5.44. The number of amides is 1. The Hall–Kier alpha value is -3.61. The quantitative estimate of drug-likeness (QED) is 0.650. The van der Waals surface area contributed by atoms with E-state index >= 15 is 0 Å². The van der Waals surface area contributed by atoms with Crippen LogP contribution in [0, 0.1) is 6.92 Å². The van der Waals surface area contributed by atoms with Crippen LogP contribution in [0.3, 0.4) is 0 Å². The first kappa shape index (κ1) is 19.7. The number of fused-ring (bicyclic) bond motifs is 1. The highest BCUT2D eigenvalue weighted by Gasteiger charge is 2.33. The largest absolute Gasteiger partial charge is 0.483 e. The molecule has 30 heavy (non-hydrogen) atoms. The minimum atomic E-state index is -0.655. The number of carbonyl (C=O) groups is 1. The van der Waals surface area contributed by atoms with Gasteiger partial charge in [0.05, 0.1) is 11.0 Å². The van der Waals surface area contributed by atoms with Crippen LogP contribution < -0.4 is 15.8 Å². The Bertz CT molecular complexity index is 1160. The van der Waals surface area contributed by atoms with Crippen molar-refractivity contribution in [1.29, 1.82) is 0 Å². The topological polar surface area (TPSA) is 94.5 Å². The summed E-state index contributed by atoms with van der Waals surface area (Å²) in [7, 11) is 1.97. The molecule has 0 spiro atoms. The van der Waals surface area contributed by atoms with Crippen molar-refractivity contribution in [2.75, 3.05) is 5.32 Å². The van der Waals surface area contributed by atoms with Crippen molar-refractivity contribution in [2.24, 2.45) is 17.8 Å². The number of rotatable bonds is 6. The maximum atomic E-state index is 11.6. The molecule has 2 aromatic carbocycles. The van der Waals surface area contributed by atoms with E-state index in [1.54, 1.807) is 6.20 Å². The first-order valence-electron chi connectivity index (χ1n) is 9.92. The van der Waals surface area contributed by atoms with Crippen LogP contribution in [-0.4, -0.2) is 26.8 Å². The second-order valence-electron chi connectivity index (χ2n) is 7.59. The number of nitrogens with one attached hydrogen (secondary N) is 1. The minimum Gasteiger partial charge on any atom is -0.483 e. The molecule has 1 aliphatic heterocycles. The minimum absolute atomic E-state index is 0.322. The SMILES string of the molecule is CCC1(Oc2ccc3c(c2)nc(Nc2ccc(C)cc2)n3C)C=CN=C(C(N)=O)C1. The van der Waals surface area contributed by atoms with Crippen molar-refractivity contribution in [3.63, 3.8) is 0 Å². The summed E-state index contributed by atoms with van der Waals surface area (Å²) in [5.74, 6) is 0.907. The van der Waals surface area contributed by atoms with Crippen molar-refractivity contribution < 1.29 is 9.53 Å². The van der Waals surface area contributed by atoms with Gasteiger partial charge in [-0.05, 0) is 43.7 Å². The van der Waals surface area contributed by atoms with E-state index in [9.17, 15) is 4.79 Å². The van der Waals surface area contributed by atoms with Gasteiger partial charge in [-0.25, -0.2) is 4.98 Å². The highest BCUT2D eigenvalue weighted by Crippen LogP contribution is 2.32. The number of aromatic nitrogens is 2. The molecule has 0 aliphatic carbocycles.